The minimum absolute atomic E-state index is 0.0525. The van der Waals surface area contributed by atoms with E-state index < -0.39 is 5.60 Å². The Kier molecular flexibility index (Phi) is 1.81. The fourth-order valence-corrected chi connectivity index (χ4v) is 1.07. The molecule has 0 radical (unpaired) electrons. The largest absolute Gasteiger partial charge is 0.484 e. The van der Waals surface area contributed by atoms with Crippen LogP contribution in [0.15, 0.2) is 11.8 Å². The normalized spacial score (nSPS) is 22.0. The van der Waals surface area contributed by atoms with Gasteiger partial charge in [0, 0.05) is 12.5 Å². The number of allylic oxidation sites excluding steroid dienone is 2. The van der Waals surface area contributed by atoms with Crippen LogP contribution in [0, 0.1) is 0 Å². The van der Waals surface area contributed by atoms with Crippen LogP contribution in [0.2, 0.25) is 0 Å². The van der Waals surface area contributed by atoms with Gasteiger partial charge in [-0.1, -0.05) is 0 Å². The molecule has 3 heteroatoms. The van der Waals surface area contributed by atoms with Crippen molar-refractivity contribution < 1.29 is 14.3 Å². The third kappa shape index (κ3) is 1.90. The lowest BCUT2D eigenvalue weighted by Crippen LogP contribution is -2.31. The van der Waals surface area contributed by atoms with E-state index in [9.17, 15) is 9.59 Å². The number of hydrogen-bond acceptors (Lipinski definition) is 3. The van der Waals surface area contributed by atoms with E-state index in [-0.39, 0.29) is 11.5 Å². The van der Waals surface area contributed by atoms with E-state index in [0.717, 1.165) is 0 Å². The molecular formula is C8H10O3. The number of ketones is 1. The molecule has 11 heavy (non-hydrogen) atoms. The van der Waals surface area contributed by atoms with Crippen LogP contribution < -0.4 is 0 Å². The van der Waals surface area contributed by atoms with Crippen LogP contribution in [-0.4, -0.2) is 17.7 Å². The maximum atomic E-state index is 10.9. The summed E-state index contributed by atoms with van der Waals surface area (Å²) in [7, 11) is 0. The second kappa shape index (κ2) is 2.49. The fraction of sp³-hybridized carbons (Fsp3) is 0.500. The van der Waals surface area contributed by atoms with Crippen LogP contribution in [-0.2, 0) is 14.3 Å². The first-order chi connectivity index (χ1) is 5.03. The van der Waals surface area contributed by atoms with Crippen LogP contribution in [0.4, 0.5) is 0 Å². The first-order valence-electron chi connectivity index (χ1n) is 3.42. The summed E-state index contributed by atoms with van der Waals surface area (Å²) < 4.78 is 5.17. The summed E-state index contributed by atoms with van der Waals surface area (Å²) in [5.41, 5.74) is -0.526. The van der Waals surface area contributed by atoms with Gasteiger partial charge in [-0.2, -0.15) is 0 Å². The van der Waals surface area contributed by atoms with Crippen molar-refractivity contribution >= 4 is 12.1 Å². The summed E-state index contributed by atoms with van der Waals surface area (Å²) in [6.45, 7) is 3.56. The minimum atomic E-state index is -0.526. The van der Waals surface area contributed by atoms with Crippen LogP contribution in [0.25, 0.3) is 0 Å². The fourth-order valence-electron chi connectivity index (χ4n) is 1.07. The molecule has 60 valence electrons. The van der Waals surface area contributed by atoms with Gasteiger partial charge in [-0.15, -0.1) is 0 Å². The molecule has 1 aliphatic heterocycles. The van der Waals surface area contributed by atoms with Gasteiger partial charge in [-0.05, 0) is 13.8 Å². The van der Waals surface area contributed by atoms with E-state index in [1.165, 1.54) is 6.08 Å². The quantitative estimate of drug-likeness (QED) is 0.525. The molecule has 0 fully saturated rings. The lowest BCUT2D eigenvalue weighted by Gasteiger charge is -2.28. The number of rotatable bonds is 1. The van der Waals surface area contributed by atoms with Crippen molar-refractivity contribution in [2.24, 2.45) is 0 Å². The lowest BCUT2D eigenvalue weighted by atomic mass is 9.99. The van der Waals surface area contributed by atoms with Gasteiger partial charge in [0.1, 0.15) is 5.60 Å². The van der Waals surface area contributed by atoms with Gasteiger partial charge in [0.05, 0.1) is 0 Å². The van der Waals surface area contributed by atoms with Gasteiger partial charge in [0.15, 0.2) is 17.8 Å². The molecule has 0 spiro atoms. The Bertz CT molecular complexity index is 225. The molecule has 0 unspecified atom stereocenters. The maximum Gasteiger partial charge on any atom is 0.184 e. The average molecular weight is 154 g/mol. The molecule has 0 bridgehead atoms. The third-order valence-corrected chi connectivity index (χ3v) is 1.41. The Labute approximate surface area is 65.0 Å². The van der Waals surface area contributed by atoms with Gasteiger partial charge in [0.2, 0.25) is 0 Å². The highest BCUT2D eigenvalue weighted by atomic mass is 16.5. The lowest BCUT2D eigenvalue weighted by molar-refractivity contribution is -0.125. The summed E-state index contributed by atoms with van der Waals surface area (Å²) in [6.07, 6.45) is 2.13. The van der Waals surface area contributed by atoms with Crippen LogP contribution in [0.5, 0.6) is 0 Å². The highest BCUT2D eigenvalue weighted by Crippen LogP contribution is 2.23. The first-order valence-corrected chi connectivity index (χ1v) is 3.42. The molecule has 0 aromatic heterocycles. The highest BCUT2D eigenvalue weighted by Gasteiger charge is 2.28. The van der Waals surface area contributed by atoms with Gasteiger partial charge in [0.25, 0.3) is 0 Å². The third-order valence-electron chi connectivity index (χ3n) is 1.41. The van der Waals surface area contributed by atoms with Crippen molar-refractivity contribution in [1.29, 1.82) is 0 Å². The number of ether oxygens (including phenoxy) is 1. The Hall–Kier alpha value is -1.12. The van der Waals surface area contributed by atoms with Crippen LogP contribution in [0.1, 0.15) is 20.3 Å². The van der Waals surface area contributed by atoms with E-state index in [1.807, 2.05) is 0 Å². The zero-order valence-corrected chi connectivity index (χ0v) is 6.59. The number of hydrogen-bond donors (Lipinski definition) is 0. The van der Waals surface area contributed by atoms with E-state index in [2.05, 4.69) is 0 Å². The van der Waals surface area contributed by atoms with Crippen molar-refractivity contribution in [1.82, 2.24) is 0 Å². The van der Waals surface area contributed by atoms with Crippen molar-refractivity contribution in [2.75, 3.05) is 0 Å². The smallest absolute Gasteiger partial charge is 0.184 e. The summed E-state index contributed by atoms with van der Waals surface area (Å²) in [6, 6.07) is 0. The Balaban J connectivity index is 2.86. The van der Waals surface area contributed by atoms with E-state index >= 15 is 0 Å². The predicted molar refractivity (Wildman–Crippen MR) is 38.9 cm³/mol. The summed E-state index contributed by atoms with van der Waals surface area (Å²) in [5, 5.41) is 0. The molecule has 0 saturated carbocycles. The summed E-state index contributed by atoms with van der Waals surface area (Å²) in [5.74, 6) is 0.0783. The second-order valence-corrected chi connectivity index (χ2v) is 3.17. The molecule has 0 amide bonds. The predicted octanol–water partition coefficient (Wildman–Crippen LogP) is 0.837. The number of aldehydes is 1. The molecule has 1 heterocycles. The standard InChI is InChI=1S/C8H10O3/c1-8(2)4-6(10)3-7(5-9)11-8/h3,5H,4H2,1-2H3. The van der Waals surface area contributed by atoms with Crippen molar-refractivity contribution in [3.05, 3.63) is 11.8 Å². The minimum Gasteiger partial charge on any atom is -0.484 e. The maximum absolute atomic E-state index is 10.9. The topological polar surface area (TPSA) is 43.4 Å². The molecule has 0 N–H and O–H groups in total. The molecular weight excluding hydrogens is 144 g/mol. The molecule has 1 rings (SSSR count). The Morgan fingerprint density at radius 1 is 1.64 bits per heavy atom. The number of carbonyl (C=O) groups excluding carboxylic acids is 2. The molecule has 1 aliphatic rings. The Morgan fingerprint density at radius 3 is 2.73 bits per heavy atom. The average Bonchev–Trinajstić information content (AvgIpc) is 1.83. The van der Waals surface area contributed by atoms with Crippen molar-refractivity contribution in [3.8, 4) is 0 Å². The van der Waals surface area contributed by atoms with E-state index in [4.69, 9.17) is 4.74 Å². The summed E-state index contributed by atoms with van der Waals surface area (Å²) in [4.78, 5) is 21.2. The first kappa shape index (κ1) is 7.98. The second-order valence-electron chi connectivity index (χ2n) is 3.17. The van der Waals surface area contributed by atoms with Gasteiger partial charge in [-0.3, -0.25) is 9.59 Å². The molecule has 0 aliphatic carbocycles. The Morgan fingerprint density at radius 2 is 2.27 bits per heavy atom. The molecule has 3 nitrogen and oxygen atoms in total. The van der Waals surface area contributed by atoms with Gasteiger partial charge >= 0.3 is 0 Å². The molecule has 0 atom stereocenters. The highest BCUT2D eigenvalue weighted by molar-refractivity contribution is 5.95. The molecule has 0 aromatic rings. The monoisotopic (exact) mass is 154 g/mol. The van der Waals surface area contributed by atoms with E-state index in [1.54, 1.807) is 13.8 Å². The van der Waals surface area contributed by atoms with E-state index in [0.29, 0.717) is 12.7 Å². The van der Waals surface area contributed by atoms with Crippen molar-refractivity contribution in [2.45, 2.75) is 25.9 Å². The zero-order valence-electron chi connectivity index (χ0n) is 6.59. The van der Waals surface area contributed by atoms with Crippen LogP contribution >= 0.6 is 0 Å². The van der Waals surface area contributed by atoms with Crippen molar-refractivity contribution in [3.63, 3.8) is 0 Å². The van der Waals surface area contributed by atoms with Gasteiger partial charge in [-0.25, -0.2) is 0 Å². The SMILES string of the molecule is CC1(C)CC(=O)C=C(C=O)O1. The van der Waals surface area contributed by atoms with Gasteiger partial charge < -0.3 is 4.74 Å². The molecule has 0 aromatic carbocycles. The van der Waals surface area contributed by atoms with Crippen LogP contribution in [0.3, 0.4) is 0 Å². The molecule has 0 saturated heterocycles. The summed E-state index contributed by atoms with van der Waals surface area (Å²) >= 11 is 0. The number of carbonyl (C=O) groups is 2. The zero-order chi connectivity index (χ0) is 8.48.